The zero-order valence-electron chi connectivity index (χ0n) is 13.1. The molecule has 2 unspecified atom stereocenters. The Morgan fingerprint density at radius 3 is 2.62 bits per heavy atom. The van der Waals surface area contributed by atoms with Gasteiger partial charge >= 0.3 is 5.97 Å². The molecule has 4 heteroatoms. The maximum atomic E-state index is 11.6. The van der Waals surface area contributed by atoms with Crippen molar-refractivity contribution in [3.63, 3.8) is 0 Å². The Kier molecular flexibility index (Phi) is 3.08. The molecular weight excluding hydrogens is 264 g/mol. The van der Waals surface area contributed by atoms with Gasteiger partial charge in [-0.2, -0.15) is 0 Å². The summed E-state index contributed by atoms with van der Waals surface area (Å²) < 4.78 is 2.15. The first kappa shape index (κ1) is 14.1. The minimum Gasteiger partial charge on any atom is -0.478 e. The molecule has 2 atom stereocenters. The fourth-order valence-electron chi connectivity index (χ4n) is 3.00. The van der Waals surface area contributed by atoms with Crippen molar-refractivity contribution in [3.05, 3.63) is 29.6 Å². The number of rotatable bonds is 3. The van der Waals surface area contributed by atoms with E-state index in [1.165, 1.54) is 6.42 Å². The van der Waals surface area contributed by atoms with E-state index in [0.717, 1.165) is 29.3 Å². The molecule has 21 heavy (non-hydrogen) atoms. The largest absolute Gasteiger partial charge is 0.478 e. The van der Waals surface area contributed by atoms with Crippen LogP contribution in [0.3, 0.4) is 0 Å². The van der Waals surface area contributed by atoms with Gasteiger partial charge in [0.15, 0.2) is 0 Å². The van der Waals surface area contributed by atoms with Gasteiger partial charge in [-0.15, -0.1) is 0 Å². The third-order valence-corrected chi connectivity index (χ3v) is 4.36. The molecule has 3 rings (SSSR count). The highest BCUT2D eigenvalue weighted by Gasteiger charge is 2.35. The number of hydrogen-bond donors (Lipinski definition) is 1. The van der Waals surface area contributed by atoms with Gasteiger partial charge in [0.2, 0.25) is 0 Å². The van der Waals surface area contributed by atoms with E-state index in [1.54, 1.807) is 12.1 Å². The fourth-order valence-corrected chi connectivity index (χ4v) is 3.00. The molecule has 0 amide bonds. The Hall–Kier alpha value is -1.84. The number of benzene rings is 1. The minimum atomic E-state index is -0.883. The average Bonchev–Trinajstić information content (AvgIpc) is 2.93. The zero-order valence-corrected chi connectivity index (χ0v) is 13.1. The minimum absolute atomic E-state index is 0.104. The van der Waals surface area contributed by atoms with Crippen LogP contribution in [0.1, 0.15) is 50.3 Å². The second-order valence-corrected chi connectivity index (χ2v) is 7.25. The van der Waals surface area contributed by atoms with Gasteiger partial charge in [0.1, 0.15) is 5.82 Å². The van der Waals surface area contributed by atoms with E-state index in [0.29, 0.717) is 11.5 Å². The molecule has 0 bridgehead atoms. The molecule has 2 aromatic rings. The normalized spacial score (nSPS) is 21.7. The lowest BCUT2D eigenvalue weighted by molar-refractivity contribution is 0.0698. The first-order valence-electron chi connectivity index (χ1n) is 7.52. The van der Waals surface area contributed by atoms with Crippen molar-refractivity contribution in [2.45, 2.75) is 46.1 Å². The number of fused-ring (bicyclic) bond motifs is 1. The Bertz CT molecular complexity index is 709. The summed E-state index contributed by atoms with van der Waals surface area (Å²) in [6, 6.07) is 5.35. The number of aromatic carboxylic acids is 1. The van der Waals surface area contributed by atoms with Crippen molar-refractivity contribution in [2.24, 2.45) is 11.8 Å². The lowest BCUT2D eigenvalue weighted by Crippen LogP contribution is -2.20. The number of carboxylic acids is 1. The molecule has 1 aliphatic carbocycles. The number of carboxylic acid groups (broad SMARTS) is 1. The lowest BCUT2D eigenvalue weighted by atomic mass is 9.95. The average molecular weight is 286 g/mol. The second kappa shape index (κ2) is 4.58. The molecule has 112 valence electrons. The Labute approximate surface area is 124 Å². The third-order valence-electron chi connectivity index (χ3n) is 4.36. The van der Waals surface area contributed by atoms with Crippen molar-refractivity contribution in [3.8, 4) is 0 Å². The number of hydrogen-bond acceptors (Lipinski definition) is 2. The molecule has 1 aliphatic rings. The van der Waals surface area contributed by atoms with E-state index in [4.69, 9.17) is 4.98 Å². The first-order valence-corrected chi connectivity index (χ1v) is 7.52. The smallest absolute Gasteiger partial charge is 0.337 e. The van der Waals surface area contributed by atoms with Crippen molar-refractivity contribution in [2.75, 3.05) is 0 Å². The summed E-state index contributed by atoms with van der Waals surface area (Å²) >= 11 is 0. The van der Waals surface area contributed by atoms with Crippen LogP contribution in [0, 0.1) is 11.8 Å². The molecule has 1 aromatic carbocycles. The summed E-state index contributed by atoms with van der Waals surface area (Å²) in [5.41, 5.74) is 1.80. The van der Waals surface area contributed by atoms with Gasteiger partial charge in [0, 0.05) is 12.0 Å². The fraction of sp³-hybridized carbons (Fsp3) is 0.529. The van der Waals surface area contributed by atoms with Crippen LogP contribution in [0.15, 0.2) is 18.2 Å². The van der Waals surface area contributed by atoms with Crippen LogP contribution in [0.5, 0.6) is 0 Å². The van der Waals surface area contributed by atoms with Crippen molar-refractivity contribution in [1.82, 2.24) is 9.55 Å². The van der Waals surface area contributed by atoms with Crippen LogP contribution in [0.2, 0.25) is 0 Å². The van der Waals surface area contributed by atoms with Gasteiger partial charge in [0.05, 0.1) is 16.6 Å². The molecule has 1 fully saturated rings. The van der Waals surface area contributed by atoms with E-state index in [2.05, 4.69) is 32.3 Å². The molecule has 1 saturated carbocycles. The summed E-state index contributed by atoms with van der Waals surface area (Å²) in [4.78, 5) is 16.3. The monoisotopic (exact) mass is 286 g/mol. The molecule has 0 spiro atoms. The number of aromatic nitrogens is 2. The number of nitrogens with zero attached hydrogens (tertiary/aromatic N) is 2. The summed E-state index contributed by atoms with van der Waals surface area (Å²) in [5.74, 6) is 1.47. The molecule has 0 saturated heterocycles. The third kappa shape index (κ3) is 2.43. The second-order valence-electron chi connectivity index (χ2n) is 7.25. The van der Waals surface area contributed by atoms with Crippen LogP contribution < -0.4 is 0 Å². The van der Waals surface area contributed by atoms with Gasteiger partial charge in [-0.1, -0.05) is 33.8 Å². The van der Waals surface area contributed by atoms with Crippen LogP contribution >= 0.6 is 0 Å². The van der Waals surface area contributed by atoms with Crippen LogP contribution in [-0.2, 0) is 12.0 Å². The lowest BCUT2D eigenvalue weighted by Gasteiger charge is -2.20. The Morgan fingerprint density at radius 1 is 1.43 bits per heavy atom. The van der Waals surface area contributed by atoms with E-state index < -0.39 is 5.97 Å². The molecule has 1 aromatic heterocycles. The van der Waals surface area contributed by atoms with Gasteiger partial charge < -0.3 is 9.67 Å². The number of para-hydroxylation sites is 1. The van der Waals surface area contributed by atoms with Crippen molar-refractivity contribution >= 4 is 17.0 Å². The van der Waals surface area contributed by atoms with Crippen molar-refractivity contribution < 1.29 is 9.90 Å². The van der Waals surface area contributed by atoms with Gasteiger partial charge in [-0.3, -0.25) is 0 Å². The van der Waals surface area contributed by atoms with E-state index in [9.17, 15) is 9.90 Å². The maximum Gasteiger partial charge on any atom is 0.337 e. The summed E-state index contributed by atoms with van der Waals surface area (Å²) in [5, 5.41) is 9.48. The predicted molar refractivity (Wildman–Crippen MR) is 82.7 cm³/mol. The Morgan fingerprint density at radius 2 is 2.10 bits per heavy atom. The molecule has 0 radical (unpaired) electrons. The van der Waals surface area contributed by atoms with Gasteiger partial charge in [0.25, 0.3) is 0 Å². The van der Waals surface area contributed by atoms with Crippen LogP contribution in [-0.4, -0.2) is 20.6 Å². The molecule has 1 heterocycles. The number of carbonyl (C=O) groups is 1. The SMILES string of the molecule is CC1CC1Cn1c(C(C)(C)C)nc2cccc(C(=O)O)c21. The molecule has 4 nitrogen and oxygen atoms in total. The summed E-state index contributed by atoms with van der Waals surface area (Å²) in [6.45, 7) is 9.50. The quantitative estimate of drug-likeness (QED) is 0.936. The highest BCUT2D eigenvalue weighted by atomic mass is 16.4. The van der Waals surface area contributed by atoms with E-state index >= 15 is 0 Å². The van der Waals surface area contributed by atoms with Crippen LogP contribution in [0.25, 0.3) is 11.0 Å². The molecular formula is C17H22N2O2. The highest BCUT2D eigenvalue weighted by Crippen LogP contribution is 2.41. The first-order chi connectivity index (χ1) is 9.79. The molecule has 0 aliphatic heterocycles. The standard InChI is InChI=1S/C17H22N2O2/c1-10-8-11(10)9-19-14-12(15(20)21)6-5-7-13(14)18-16(19)17(2,3)4/h5-7,10-11H,8-9H2,1-4H3,(H,20,21). The van der Waals surface area contributed by atoms with Crippen molar-refractivity contribution in [1.29, 1.82) is 0 Å². The Balaban J connectivity index is 2.24. The maximum absolute atomic E-state index is 11.6. The highest BCUT2D eigenvalue weighted by molar-refractivity contribution is 6.01. The van der Waals surface area contributed by atoms with E-state index in [1.807, 2.05) is 6.07 Å². The van der Waals surface area contributed by atoms with E-state index in [-0.39, 0.29) is 5.41 Å². The summed E-state index contributed by atoms with van der Waals surface area (Å²) in [6.07, 6.45) is 1.22. The van der Waals surface area contributed by atoms with Gasteiger partial charge in [-0.25, -0.2) is 9.78 Å². The molecule has 1 N–H and O–H groups in total. The zero-order chi connectivity index (χ0) is 15.4. The topological polar surface area (TPSA) is 55.1 Å². The van der Waals surface area contributed by atoms with Crippen LogP contribution in [0.4, 0.5) is 0 Å². The number of imidazole rings is 1. The van der Waals surface area contributed by atoms with Gasteiger partial charge in [-0.05, 0) is 30.4 Å². The predicted octanol–water partition coefficient (Wildman–Crippen LogP) is 3.69. The summed E-state index contributed by atoms with van der Waals surface area (Å²) in [7, 11) is 0.